The summed E-state index contributed by atoms with van der Waals surface area (Å²) in [6, 6.07) is 9.12. The minimum Gasteiger partial charge on any atom is -0.461 e. The monoisotopic (exact) mass is 367 g/mol. The molecular weight excluding hydrogens is 342 g/mol. The van der Waals surface area contributed by atoms with Crippen molar-refractivity contribution in [3.63, 3.8) is 0 Å². The van der Waals surface area contributed by atoms with E-state index >= 15 is 0 Å². The topological polar surface area (TPSA) is 79.9 Å². The first-order valence-corrected chi connectivity index (χ1v) is 9.46. The lowest BCUT2D eigenvalue weighted by molar-refractivity contribution is 0.288. The predicted octanol–water partition coefficient (Wildman–Crippen LogP) is 2.60. The van der Waals surface area contributed by atoms with Crippen LogP contribution in [0.3, 0.4) is 0 Å². The van der Waals surface area contributed by atoms with Gasteiger partial charge in [-0.05, 0) is 11.8 Å². The number of nitrogens with zero attached hydrogens (tertiary/aromatic N) is 4. The van der Waals surface area contributed by atoms with Gasteiger partial charge in [-0.3, -0.25) is 0 Å². The highest BCUT2D eigenvalue weighted by atomic mass is 16.5. The summed E-state index contributed by atoms with van der Waals surface area (Å²) in [4.78, 5) is 18.3. The maximum atomic E-state index is 5.65. The molecule has 1 N–H and O–H groups in total. The van der Waals surface area contributed by atoms with Crippen LogP contribution in [0.25, 0.3) is 0 Å². The van der Waals surface area contributed by atoms with Crippen molar-refractivity contribution in [1.82, 2.24) is 5.32 Å². The molecule has 0 aliphatic carbocycles. The summed E-state index contributed by atoms with van der Waals surface area (Å²) in [7, 11) is 0. The number of hydrogen-bond acceptors (Lipinski definition) is 6. The van der Waals surface area contributed by atoms with Crippen LogP contribution in [0.5, 0.6) is 0 Å². The van der Waals surface area contributed by atoms with E-state index in [2.05, 4.69) is 53.0 Å². The van der Waals surface area contributed by atoms with Gasteiger partial charge in [0.1, 0.15) is 24.9 Å². The van der Waals surface area contributed by atoms with Crippen molar-refractivity contribution in [2.45, 2.75) is 39.8 Å². The second-order valence-electron chi connectivity index (χ2n) is 7.66. The van der Waals surface area contributed by atoms with E-state index in [1.807, 2.05) is 24.3 Å². The summed E-state index contributed by atoms with van der Waals surface area (Å²) in [5, 5.41) is 3.28. The number of fused-ring (bicyclic) bond motifs is 1. The molecule has 142 valence electrons. The van der Waals surface area contributed by atoms with Gasteiger partial charge < -0.3 is 14.8 Å². The molecule has 2 atom stereocenters. The SMILES string of the molecule is CC(C)[C@H]1COC(/N=C2\N/C(=N/C3=N[C@@H](C(C)C)CO3)c3ccccc32)=N1. The van der Waals surface area contributed by atoms with Crippen LogP contribution < -0.4 is 5.32 Å². The van der Waals surface area contributed by atoms with Gasteiger partial charge in [0.05, 0.1) is 12.1 Å². The van der Waals surface area contributed by atoms with Crippen LogP contribution >= 0.6 is 0 Å². The number of aliphatic imine (C=N–C) groups is 4. The largest absolute Gasteiger partial charge is 0.461 e. The van der Waals surface area contributed by atoms with Gasteiger partial charge in [0.25, 0.3) is 0 Å². The minimum absolute atomic E-state index is 0.156. The molecule has 7 nitrogen and oxygen atoms in total. The Hall–Kier alpha value is -2.70. The fourth-order valence-corrected chi connectivity index (χ4v) is 3.07. The standard InChI is InChI=1S/C20H25N5O2/c1-11(2)15-9-26-19(21-15)24-17-13-7-5-6-8-14(13)18(23-17)25-20-22-16(10-27-20)12(3)4/h5-8,11-12,15-16H,9-10H2,1-4H3,(H,21,22,23,24,25)/t15-,16-/m1/s1. The minimum atomic E-state index is 0.156. The highest BCUT2D eigenvalue weighted by Crippen LogP contribution is 2.20. The lowest BCUT2D eigenvalue weighted by Gasteiger charge is -2.06. The van der Waals surface area contributed by atoms with Crippen molar-refractivity contribution in [2.75, 3.05) is 13.2 Å². The summed E-state index contributed by atoms with van der Waals surface area (Å²) in [5.74, 6) is 2.23. The van der Waals surface area contributed by atoms with Crippen molar-refractivity contribution in [3.05, 3.63) is 35.4 Å². The highest BCUT2D eigenvalue weighted by molar-refractivity contribution is 6.28. The third kappa shape index (κ3) is 3.59. The molecule has 3 heterocycles. The summed E-state index contributed by atoms with van der Waals surface area (Å²) < 4.78 is 11.3. The van der Waals surface area contributed by atoms with Gasteiger partial charge in [-0.1, -0.05) is 52.0 Å². The van der Waals surface area contributed by atoms with Crippen molar-refractivity contribution in [3.8, 4) is 0 Å². The Morgan fingerprint density at radius 2 is 1.30 bits per heavy atom. The van der Waals surface area contributed by atoms with E-state index in [1.165, 1.54) is 0 Å². The maximum Gasteiger partial charge on any atom is 0.314 e. The van der Waals surface area contributed by atoms with Gasteiger partial charge in [0.15, 0.2) is 0 Å². The molecule has 1 aromatic carbocycles. The third-order valence-corrected chi connectivity index (χ3v) is 4.95. The molecule has 27 heavy (non-hydrogen) atoms. The highest BCUT2D eigenvalue weighted by Gasteiger charge is 2.28. The van der Waals surface area contributed by atoms with E-state index in [4.69, 9.17) is 9.47 Å². The summed E-state index contributed by atoms with van der Waals surface area (Å²) in [5.41, 5.74) is 1.93. The Morgan fingerprint density at radius 1 is 0.852 bits per heavy atom. The zero-order valence-electron chi connectivity index (χ0n) is 16.1. The van der Waals surface area contributed by atoms with Gasteiger partial charge in [0, 0.05) is 11.1 Å². The number of benzene rings is 1. The average molecular weight is 367 g/mol. The molecule has 0 fully saturated rings. The zero-order valence-corrected chi connectivity index (χ0v) is 16.1. The first-order chi connectivity index (χ1) is 13.0. The van der Waals surface area contributed by atoms with Crippen molar-refractivity contribution in [1.29, 1.82) is 0 Å². The Labute approximate surface area is 159 Å². The van der Waals surface area contributed by atoms with Gasteiger partial charge in [0.2, 0.25) is 0 Å². The first-order valence-electron chi connectivity index (χ1n) is 9.46. The van der Waals surface area contributed by atoms with Gasteiger partial charge in [-0.25, -0.2) is 9.98 Å². The molecule has 0 spiro atoms. The van der Waals surface area contributed by atoms with E-state index in [-0.39, 0.29) is 12.1 Å². The number of hydrogen-bond donors (Lipinski definition) is 1. The van der Waals surface area contributed by atoms with Crippen LogP contribution in [0.4, 0.5) is 0 Å². The molecule has 0 unspecified atom stereocenters. The lowest BCUT2D eigenvalue weighted by atomic mass is 10.1. The fraction of sp³-hybridized carbons (Fsp3) is 0.500. The molecule has 7 heteroatoms. The molecule has 0 saturated carbocycles. The van der Waals surface area contributed by atoms with E-state index in [9.17, 15) is 0 Å². The van der Waals surface area contributed by atoms with E-state index in [0.717, 1.165) is 11.1 Å². The molecule has 0 bridgehead atoms. The third-order valence-electron chi connectivity index (χ3n) is 4.95. The normalized spacial score (nSPS) is 26.9. The smallest absolute Gasteiger partial charge is 0.314 e. The average Bonchev–Trinajstić information content (AvgIpc) is 3.36. The van der Waals surface area contributed by atoms with Crippen LogP contribution in [0.1, 0.15) is 38.8 Å². The summed E-state index contributed by atoms with van der Waals surface area (Å²) in [6.45, 7) is 9.69. The van der Waals surface area contributed by atoms with Crippen molar-refractivity contribution >= 4 is 23.7 Å². The quantitative estimate of drug-likeness (QED) is 0.872. The van der Waals surface area contributed by atoms with Gasteiger partial charge in [-0.2, -0.15) is 9.98 Å². The van der Waals surface area contributed by atoms with Crippen LogP contribution in [-0.4, -0.2) is 49.0 Å². The first kappa shape index (κ1) is 17.7. The van der Waals surface area contributed by atoms with E-state index < -0.39 is 0 Å². The summed E-state index contributed by atoms with van der Waals surface area (Å²) >= 11 is 0. The summed E-state index contributed by atoms with van der Waals surface area (Å²) in [6.07, 6.45) is 0. The van der Waals surface area contributed by atoms with Crippen LogP contribution in [0.15, 0.2) is 44.2 Å². The van der Waals surface area contributed by atoms with Crippen LogP contribution in [-0.2, 0) is 9.47 Å². The molecular formula is C20H25N5O2. The van der Waals surface area contributed by atoms with Crippen molar-refractivity contribution < 1.29 is 9.47 Å². The zero-order chi connectivity index (χ0) is 19.0. The number of ether oxygens (including phenoxy) is 2. The van der Waals surface area contributed by atoms with E-state index in [0.29, 0.717) is 48.8 Å². The molecule has 0 amide bonds. The molecule has 3 aliphatic rings. The number of amidine groups is 4. The Morgan fingerprint density at radius 3 is 1.67 bits per heavy atom. The molecule has 3 aliphatic heterocycles. The predicted molar refractivity (Wildman–Crippen MR) is 107 cm³/mol. The Balaban J connectivity index is 1.62. The second-order valence-corrected chi connectivity index (χ2v) is 7.66. The molecule has 0 aromatic heterocycles. The lowest BCUT2D eigenvalue weighted by Crippen LogP contribution is -2.24. The van der Waals surface area contributed by atoms with E-state index in [1.54, 1.807) is 0 Å². The molecule has 0 saturated heterocycles. The Kier molecular flexibility index (Phi) is 4.68. The number of rotatable bonds is 2. The van der Waals surface area contributed by atoms with Gasteiger partial charge in [-0.15, -0.1) is 0 Å². The van der Waals surface area contributed by atoms with Crippen LogP contribution in [0, 0.1) is 11.8 Å². The maximum absolute atomic E-state index is 5.65. The molecule has 1 aromatic rings. The second kappa shape index (κ2) is 7.13. The van der Waals surface area contributed by atoms with Crippen molar-refractivity contribution in [2.24, 2.45) is 31.8 Å². The molecule has 0 radical (unpaired) electrons. The Bertz CT molecular complexity index is 785. The fourth-order valence-electron chi connectivity index (χ4n) is 3.07. The molecule has 4 rings (SSSR count). The van der Waals surface area contributed by atoms with Gasteiger partial charge >= 0.3 is 12.0 Å². The van der Waals surface area contributed by atoms with Crippen LogP contribution in [0.2, 0.25) is 0 Å². The number of nitrogens with one attached hydrogen (secondary N) is 1.